The fraction of sp³-hybridized carbons (Fsp3) is 0.364. The molecule has 0 bridgehead atoms. The van der Waals surface area contributed by atoms with Gasteiger partial charge in [0.05, 0.1) is 31.6 Å². The predicted molar refractivity (Wildman–Crippen MR) is 99.8 cm³/mol. The summed E-state index contributed by atoms with van der Waals surface area (Å²) in [5.41, 5.74) is 2.42. The van der Waals surface area contributed by atoms with Crippen LogP contribution in [0, 0.1) is 23.2 Å². The first-order valence-corrected chi connectivity index (χ1v) is 9.67. The van der Waals surface area contributed by atoms with E-state index in [1.165, 1.54) is 0 Å². The molecule has 0 aromatic heterocycles. The van der Waals surface area contributed by atoms with Crippen LogP contribution in [0.25, 0.3) is 0 Å². The maximum atomic E-state index is 12.8. The molecule has 0 N–H and O–H groups in total. The number of carbonyl (C=O) groups is 1. The highest BCUT2D eigenvalue weighted by Gasteiger charge is 2.54. The highest BCUT2D eigenvalue weighted by Crippen LogP contribution is 2.59. The number of rotatable bonds is 2. The van der Waals surface area contributed by atoms with E-state index in [-0.39, 0.29) is 38.0 Å². The van der Waals surface area contributed by atoms with Crippen molar-refractivity contribution in [1.82, 2.24) is 0 Å². The lowest BCUT2D eigenvalue weighted by Gasteiger charge is -2.37. The third-order valence-electron chi connectivity index (χ3n) is 6.37. The highest BCUT2D eigenvalue weighted by molar-refractivity contribution is 5.80. The molecule has 0 unspecified atom stereocenters. The number of ether oxygens (including phenoxy) is 6. The molecule has 1 aliphatic carbocycles. The molecular weight excluding hydrogens is 390 g/mol. The quantitative estimate of drug-likeness (QED) is 0.701. The van der Waals surface area contributed by atoms with E-state index in [9.17, 15) is 10.1 Å². The summed E-state index contributed by atoms with van der Waals surface area (Å²) in [6.07, 6.45) is 0. The van der Waals surface area contributed by atoms with Crippen LogP contribution in [-0.2, 0) is 9.53 Å². The van der Waals surface area contributed by atoms with E-state index in [1.54, 1.807) is 7.11 Å². The first kappa shape index (κ1) is 17.3. The topological polar surface area (TPSA) is 96.2 Å². The largest absolute Gasteiger partial charge is 0.492 e. The Morgan fingerprint density at radius 1 is 1.03 bits per heavy atom. The minimum Gasteiger partial charge on any atom is -0.492 e. The number of nitriles is 1. The average molecular weight is 407 g/mol. The number of benzene rings is 2. The molecule has 3 aliphatic heterocycles. The summed E-state index contributed by atoms with van der Waals surface area (Å²) in [6, 6.07) is 9.90. The van der Waals surface area contributed by atoms with Crippen LogP contribution in [-0.4, -0.2) is 33.3 Å². The molecule has 4 aliphatic rings. The summed E-state index contributed by atoms with van der Waals surface area (Å²) >= 11 is 0. The normalized spacial score (nSPS) is 27.1. The van der Waals surface area contributed by atoms with Crippen molar-refractivity contribution in [3.05, 3.63) is 41.0 Å². The summed E-state index contributed by atoms with van der Waals surface area (Å²) < 4.78 is 33.4. The molecule has 0 saturated carbocycles. The van der Waals surface area contributed by atoms with Crippen molar-refractivity contribution < 1.29 is 33.2 Å². The second kappa shape index (κ2) is 6.20. The van der Waals surface area contributed by atoms with Crippen LogP contribution in [0.3, 0.4) is 0 Å². The second-order valence-corrected chi connectivity index (χ2v) is 7.66. The minimum absolute atomic E-state index is 0.0788. The van der Waals surface area contributed by atoms with Gasteiger partial charge in [0.25, 0.3) is 0 Å². The van der Waals surface area contributed by atoms with Gasteiger partial charge < -0.3 is 28.4 Å². The summed E-state index contributed by atoms with van der Waals surface area (Å²) in [4.78, 5) is 12.8. The van der Waals surface area contributed by atoms with E-state index in [2.05, 4.69) is 6.07 Å². The standard InChI is InChI=1S/C22H17NO7/c1-25-21-18-11(5-16-20(21)30-9-29-16)17(10-2-3-14-15(4-10)28-8-27-14)19-13(12(18)6-23)7-26-22(19)24/h2-5,12-13,17,19H,7-9H2,1H3/t12-,13+,17+,19-/m0/s1. The van der Waals surface area contributed by atoms with Gasteiger partial charge in [-0.25, -0.2) is 0 Å². The lowest BCUT2D eigenvalue weighted by molar-refractivity contribution is -0.141. The number of hydrogen-bond donors (Lipinski definition) is 0. The monoisotopic (exact) mass is 407 g/mol. The van der Waals surface area contributed by atoms with E-state index in [1.807, 2.05) is 24.3 Å². The van der Waals surface area contributed by atoms with Crippen molar-refractivity contribution in [2.24, 2.45) is 11.8 Å². The predicted octanol–water partition coefficient (Wildman–Crippen LogP) is 2.69. The molecule has 3 heterocycles. The van der Waals surface area contributed by atoms with Crippen molar-refractivity contribution in [3.8, 4) is 34.8 Å². The van der Waals surface area contributed by atoms with Gasteiger partial charge in [-0.3, -0.25) is 4.79 Å². The molecule has 152 valence electrons. The molecule has 30 heavy (non-hydrogen) atoms. The van der Waals surface area contributed by atoms with Crippen molar-refractivity contribution in [2.45, 2.75) is 11.8 Å². The highest BCUT2D eigenvalue weighted by atomic mass is 16.7. The molecule has 0 amide bonds. The van der Waals surface area contributed by atoms with E-state index >= 15 is 0 Å². The lowest BCUT2D eigenvalue weighted by Crippen LogP contribution is -2.34. The van der Waals surface area contributed by atoms with Gasteiger partial charge >= 0.3 is 5.97 Å². The van der Waals surface area contributed by atoms with Crippen LogP contribution >= 0.6 is 0 Å². The minimum atomic E-state index is -0.564. The van der Waals surface area contributed by atoms with Crippen molar-refractivity contribution in [3.63, 3.8) is 0 Å². The molecule has 1 saturated heterocycles. The number of nitrogens with zero attached hydrogens (tertiary/aromatic N) is 1. The van der Waals surface area contributed by atoms with Crippen molar-refractivity contribution in [2.75, 3.05) is 27.3 Å². The number of cyclic esters (lactones) is 1. The Kier molecular flexibility index (Phi) is 3.57. The average Bonchev–Trinajstić information content (AvgIpc) is 3.50. The number of carbonyl (C=O) groups excluding carboxylic acids is 1. The van der Waals surface area contributed by atoms with Gasteiger partial charge in [0.15, 0.2) is 23.0 Å². The number of fused-ring (bicyclic) bond motifs is 4. The molecule has 8 nitrogen and oxygen atoms in total. The van der Waals surface area contributed by atoms with Gasteiger partial charge in [-0.2, -0.15) is 5.26 Å². The second-order valence-electron chi connectivity index (χ2n) is 7.66. The fourth-order valence-corrected chi connectivity index (χ4v) is 5.13. The van der Waals surface area contributed by atoms with E-state index < -0.39 is 11.8 Å². The number of hydrogen-bond acceptors (Lipinski definition) is 8. The Morgan fingerprint density at radius 3 is 2.67 bits per heavy atom. The molecule has 2 aromatic carbocycles. The van der Waals surface area contributed by atoms with Gasteiger partial charge in [-0.05, 0) is 29.3 Å². The van der Waals surface area contributed by atoms with Crippen LogP contribution in [0.1, 0.15) is 28.5 Å². The zero-order valence-corrected chi connectivity index (χ0v) is 16.0. The van der Waals surface area contributed by atoms with Gasteiger partial charge in [-0.1, -0.05) is 6.07 Å². The maximum absolute atomic E-state index is 12.8. The van der Waals surface area contributed by atoms with E-state index in [4.69, 9.17) is 28.4 Å². The van der Waals surface area contributed by atoms with Gasteiger partial charge in [-0.15, -0.1) is 0 Å². The molecule has 8 heteroatoms. The van der Waals surface area contributed by atoms with E-state index in [0.29, 0.717) is 28.7 Å². The van der Waals surface area contributed by atoms with Crippen LogP contribution in [0.4, 0.5) is 0 Å². The third kappa shape index (κ3) is 2.17. The van der Waals surface area contributed by atoms with Gasteiger partial charge in [0.1, 0.15) is 0 Å². The molecular formula is C22H17NO7. The summed E-state index contributed by atoms with van der Waals surface area (Å²) in [5.74, 6) is 0.814. The first-order valence-electron chi connectivity index (χ1n) is 9.67. The zero-order valence-electron chi connectivity index (χ0n) is 16.0. The Balaban J connectivity index is 1.63. The Bertz CT molecular complexity index is 1120. The van der Waals surface area contributed by atoms with Crippen molar-refractivity contribution in [1.29, 1.82) is 5.26 Å². The Morgan fingerprint density at radius 2 is 1.83 bits per heavy atom. The van der Waals surface area contributed by atoms with Gasteiger partial charge in [0.2, 0.25) is 19.3 Å². The summed E-state index contributed by atoms with van der Waals surface area (Å²) in [7, 11) is 1.55. The maximum Gasteiger partial charge on any atom is 0.310 e. The zero-order chi connectivity index (χ0) is 20.4. The van der Waals surface area contributed by atoms with Crippen LogP contribution < -0.4 is 23.7 Å². The lowest BCUT2D eigenvalue weighted by atomic mass is 9.63. The molecule has 6 rings (SSSR count). The molecule has 0 radical (unpaired) electrons. The van der Waals surface area contributed by atoms with Crippen LogP contribution in [0.15, 0.2) is 24.3 Å². The fourth-order valence-electron chi connectivity index (χ4n) is 5.13. The third-order valence-corrected chi connectivity index (χ3v) is 6.37. The van der Waals surface area contributed by atoms with Crippen LogP contribution in [0.5, 0.6) is 28.7 Å². The molecule has 1 fully saturated rings. The van der Waals surface area contributed by atoms with Gasteiger partial charge in [0, 0.05) is 17.4 Å². The first-order chi connectivity index (χ1) is 14.7. The Labute approximate surface area is 171 Å². The Hall–Kier alpha value is -3.60. The van der Waals surface area contributed by atoms with Crippen molar-refractivity contribution >= 4 is 5.97 Å². The molecule has 0 spiro atoms. The summed E-state index contributed by atoms with van der Waals surface area (Å²) in [5, 5.41) is 10.0. The number of esters is 1. The summed E-state index contributed by atoms with van der Waals surface area (Å²) in [6.45, 7) is 0.437. The smallest absolute Gasteiger partial charge is 0.310 e. The van der Waals surface area contributed by atoms with E-state index in [0.717, 1.165) is 16.7 Å². The molecule has 2 aromatic rings. The SMILES string of the molecule is COc1c2c(cc3c1[C@@H](C#N)[C@H]1COC(=O)[C@@H]1[C@@H]3c1ccc3c(c1)OCO3)OCO2. The van der Waals surface area contributed by atoms with Crippen LogP contribution in [0.2, 0.25) is 0 Å². The molecule has 4 atom stereocenters. The number of methoxy groups -OCH3 is 1.